The molecule has 0 aromatic rings. The third kappa shape index (κ3) is 96.5. The van der Waals surface area contributed by atoms with Gasteiger partial charge in [0.1, 0.15) is 0 Å². The molecule has 0 aromatic heterocycles. The molecule has 0 bridgehead atoms. The molecule has 0 spiro atoms. The molecule has 0 heterocycles. The largest absolute Gasteiger partial charge is 0.550 e. The van der Waals surface area contributed by atoms with E-state index in [1.54, 1.807) is 0 Å². The van der Waals surface area contributed by atoms with Crippen LogP contribution in [0.4, 0.5) is 0 Å². The summed E-state index contributed by atoms with van der Waals surface area (Å²) in [5, 5.41) is 80.3. The quantitative estimate of drug-likeness (QED) is 0.0328. The number of hydrogen-bond donors (Lipinski definition) is 4. The molecule has 4 N–H and O–H groups in total. The number of aliphatic carboxylic acids is 4. The molecular formula is C72H140O12Pb-4. The van der Waals surface area contributed by atoms with Gasteiger partial charge in [0.05, 0.1) is 24.4 Å². The first-order valence-electron chi connectivity index (χ1n) is 36.2. The molecule has 85 heavy (non-hydrogen) atoms. The van der Waals surface area contributed by atoms with Crippen LogP contribution in [-0.2, 0) is 19.2 Å². The second-order valence-corrected chi connectivity index (χ2v) is 25.0. The van der Waals surface area contributed by atoms with Crippen LogP contribution in [-0.4, -0.2) is 96.0 Å². The van der Waals surface area contributed by atoms with Gasteiger partial charge in [-0.3, -0.25) is 0 Å². The first-order chi connectivity index (χ1) is 40.7. The molecule has 12 nitrogen and oxygen atoms in total. The zero-order valence-corrected chi connectivity index (χ0v) is 60.2. The van der Waals surface area contributed by atoms with Crippen molar-refractivity contribution in [1.29, 1.82) is 0 Å². The van der Waals surface area contributed by atoms with Crippen molar-refractivity contribution in [2.45, 2.75) is 437 Å². The van der Waals surface area contributed by atoms with Gasteiger partial charge in [0.15, 0.2) is 0 Å². The monoisotopic (exact) mass is 1410 g/mol. The van der Waals surface area contributed by atoms with Crippen LogP contribution < -0.4 is 20.4 Å². The van der Waals surface area contributed by atoms with E-state index in [4.69, 9.17) is 0 Å². The summed E-state index contributed by atoms with van der Waals surface area (Å²) in [4.78, 5) is 40.9. The van der Waals surface area contributed by atoms with Crippen molar-refractivity contribution in [3.63, 3.8) is 0 Å². The van der Waals surface area contributed by atoms with Gasteiger partial charge in [-0.25, -0.2) is 0 Å². The number of unbranched alkanes of at least 4 members (excludes halogenated alkanes) is 40. The molecule has 4 unspecified atom stereocenters. The van der Waals surface area contributed by atoms with Crippen molar-refractivity contribution in [2.75, 3.05) is 0 Å². The normalized spacial score (nSPS) is 12.3. The van der Waals surface area contributed by atoms with Gasteiger partial charge in [0, 0.05) is 51.2 Å². The molecule has 0 fully saturated rings. The average molecular weight is 1410 g/mol. The first kappa shape index (κ1) is 92.4. The minimum atomic E-state index is -0.967. The molecule has 0 aliphatic heterocycles. The molecule has 508 valence electrons. The Morgan fingerprint density at radius 3 is 0.435 bits per heavy atom. The SMILES string of the molecule is CCCCCCCCCCCC(O)CCCCCC(=O)[O-].CCCCCCCCCCCC(O)CCCCCC(=O)[O-].CCCCCCCCCCCC(O)CCCCCC(=O)[O-].CCCCCCCCCCCC(O)CCCCCC(=O)[O-].[Pb]. The second-order valence-electron chi connectivity index (χ2n) is 25.0. The fraction of sp³-hybridized carbons (Fsp3) is 0.944. The fourth-order valence-corrected chi connectivity index (χ4v) is 10.6. The molecule has 0 aliphatic rings. The Kier molecular flexibility index (Phi) is 87.6. The molecule has 0 aliphatic carbocycles. The average Bonchev–Trinajstić information content (AvgIpc) is 3.45. The van der Waals surface area contributed by atoms with Gasteiger partial charge in [-0.05, 0) is 103 Å². The Morgan fingerprint density at radius 2 is 0.318 bits per heavy atom. The van der Waals surface area contributed by atoms with Crippen LogP contribution in [0.5, 0.6) is 0 Å². The van der Waals surface area contributed by atoms with E-state index < -0.39 is 23.9 Å². The van der Waals surface area contributed by atoms with E-state index in [9.17, 15) is 60.0 Å². The number of carbonyl (C=O) groups is 4. The molecule has 0 rings (SSSR count). The molecule has 4 atom stereocenters. The molecule has 0 saturated heterocycles. The van der Waals surface area contributed by atoms with Crippen LogP contribution in [0.25, 0.3) is 0 Å². The Balaban J connectivity index is -0.000000333. The maximum absolute atomic E-state index is 10.2. The van der Waals surface area contributed by atoms with E-state index in [0.29, 0.717) is 25.7 Å². The van der Waals surface area contributed by atoms with Gasteiger partial charge in [-0.2, -0.15) is 0 Å². The Hall–Kier alpha value is -1.36. The zero-order valence-electron chi connectivity index (χ0n) is 56.3. The van der Waals surface area contributed by atoms with Crippen LogP contribution in [0, 0.1) is 0 Å². The third-order valence-corrected chi connectivity index (χ3v) is 16.2. The van der Waals surface area contributed by atoms with Gasteiger partial charge in [-0.15, -0.1) is 0 Å². The standard InChI is InChI=1S/4C18H36O3.Pb/c4*1-2-3-4-5-6-7-8-9-11-14-17(19)15-12-10-13-16-18(20)21;/h4*17,19H,2-16H2,1H3,(H,20,21);/p-4. The van der Waals surface area contributed by atoms with E-state index in [2.05, 4.69) is 27.7 Å². The van der Waals surface area contributed by atoms with E-state index in [1.807, 2.05) is 0 Å². The summed E-state index contributed by atoms with van der Waals surface area (Å²) >= 11 is 0. The van der Waals surface area contributed by atoms with Crippen molar-refractivity contribution >= 4 is 51.2 Å². The first-order valence-corrected chi connectivity index (χ1v) is 36.2. The molecule has 13 heteroatoms. The summed E-state index contributed by atoms with van der Waals surface area (Å²) in [6, 6.07) is 0. The predicted molar refractivity (Wildman–Crippen MR) is 350 cm³/mol. The van der Waals surface area contributed by atoms with Gasteiger partial charge < -0.3 is 60.0 Å². The maximum atomic E-state index is 10.2. The molecule has 4 radical (unpaired) electrons. The van der Waals surface area contributed by atoms with Crippen LogP contribution >= 0.6 is 0 Å². The van der Waals surface area contributed by atoms with Crippen LogP contribution in [0.15, 0.2) is 0 Å². The Morgan fingerprint density at radius 1 is 0.212 bits per heavy atom. The minimum Gasteiger partial charge on any atom is -0.550 e. The summed E-state index contributed by atoms with van der Waals surface area (Å²) < 4.78 is 0. The number of carboxylic acid groups (broad SMARTS) is 4. The van der Waals surface area contributed by atoms with E-state index in [0.717, 1.165) is 128 Å². The number of carboxylic acids is 4. The predicted octanol–water partition coefficient (Wildman–Crippen LogP) is 15.5. The summed E-state index contributed by atoms with van der Waals surface area (Å²) in [6.45, 7) is 8.98. The Labute approximate surface area is 545 Å². The molecule has 0 amide bonds. The summed E-state index contributed by atoms with van der Waals surface area (Å²) in [7, 11) is 0. The van der Waals surface area contributed by atoms with Crippen molar-refractivity contribution in [1.82, 2.24) is 0 Å². The van der Waals surface area contributed by atoms with Gasteiger partial charge in [0.2, 0.25) is 0 Å². The van der Waals surface area contributed by atoms with E-state index >= 15 is 0 Å². The number of carbonyl (C=O) groups excluding carboxylic acids is 4. The van der Waals surface area contributed by atoms with E-state index in [-0.39, 0.29) is 77.4 Å². The molecule has 0 aromatic carbocycles. The van der Waals surface area contributed by atoms with Gasteiger partial charge >= 0.3 is 0 Å². The number of rotatable bonds is 64. The minimum absolute atomic E-state index is 0. The van der Waals surface area contributed by atoms with Crippen molar-refractivity contribution < 1.29 is 60.0 Å². The topological polar surface area (TPSA) is 241 Å². The van der Waals surface area contributed by atoms with Gasteiger partial charge in [-0.1, -0.05) is 310 Å². The smallest absolute Gasteiger partial charge is 0.0540 e. The Bertz CT molecular complexity index is 1110. The van der Waals surface area contributed by atoms with E-state index in [1.165, 1.54) is 205 Å². The number of aliphatic hydroxyl groups is 4. The molecule has 0 saturated carbocycles. The second kappa shape index (κ2) is 80.7. The number of hydrogen-bond acceptors (Lipinski definition) is 12. The van der Waals surface area contributed by atoms with Crippen molar-refractivity contribution in [3.8, 4) is 0 Å². The number of aliphatic hydroxyl groups excluding tert-OH is 4. The van der Waals surface area contributed by atoms with Crippen molar-refractivity contribution in [3.05, 3.63) is 0 Å². The summed E-state index contributed by atoms with van der Waals surface area (Å²) in [5.74, 6) is -3.87. The molecular weight excluding hydrogens is 1260 g/mol. The fourth-order valence-electron chi connectivity index (χ4n) is 10.6. The summed E-state index contributed by atoms with van der Waals surface area (Å²) in [6.07, 6.45) is 63.7. The van der Waals surface area contributed by atoms with Crippen LogP contribution in [0.3, 0.4) is 0 Å². The van der Waals surface area contributed by atoms with Gasteiger partial charge in [0.25, 0.3) is 0 Å². The zero-order chi connectivity index (χ0) is 63.0. The van der Waals surface area contributed by atoms with Crippen molar-refractivity contribution in [2.24, 2.45) is 0 Å². The van der Waals surface area contributed by atoms with Crippen LogP contribution in [0.1, 0.15) is 413 Å². The third-order valence-electron chi connectivity index (χ3n) is 16.2. The maximum Gasteiger partial charge on any atom is 0.0540 e. The summed E-state index contributed by atoms with van der Waals surface area (Å²) in [5.41, 5.74) is 0. The van der Waals surface area contributed by atoms with Crippen LogP contribution in [0.2, 0.25) is 0 Å².